The molecule has 142 valence electrons. The van der Waals surface area contributed by atoms with Crippen molar-refractivity contribution in [1.29, 1.82) is 0 Å². The van der Waals surface area contributed by atoms with Crippen molar-refractivity contribution < 1.29 is 4.79 Å². The van der Waals surface area contributed by atoms with Gasteiger partial charge in [0.1, 0.15) is 9.75 Å². The summed E-state index contributed by atoms with van der Waals surface area (Å²) in [6.45, 7) is 0.740. The van der Waals surface area contributed by atoms with Gasteiger partial charge in [0.15, 0.2) is 0 Å². The first-order valence-electron chi connectivity index (χ1n) is 8.26. The molecular formula is C19H17Cl3N2OS2. The predicted octanol–water partition coefficient (Wildman–Crippen LogP) is 5.47. The number of carbonyl (C=O) groups is 1. The van der Waals surface area contributed by atoms with E-state index in [2.05, 4.69) is 10.3 Å². The third kappa shape index (κ3) is 5.81. The Hall–Kier alpha value is -0.850. The Labute approximate surface area is 182 Å². The highest BCUT2D eigenvalue weighted by Gasteiger charge is 2.38. The third-order valence-electron chi connectivity index (χ3n) is 3.88. The summed E-state index contributed by atoms with van der Waals surface area (Å²) in [5.74, 6) is 0.181. The van der Waals surface area contributed by atoms with Crippen molar-refractivity contribution in [3.63, 3.8) is 0 Å². The molecule has 2 aromatic carbocycles. The van der Waals surface area contributed by atoms with Gasteiger partial charge in [-0.2, -0.15) is 0 Å². The smallest absolute Gasteiger partial charge is 0.233 e. The van der Waals surface area contributed by atoms with Gasteiger partial charge in [-0.15, -0.1) is 0 Å². The first kappa shape index (κ1) is 20.9. The van der Waals surface area contributed by atoms with Crippen LogP contribution in [0.3, 0.4) is 0 Å². The van der Waals surface area contributed by atoms with Gasteiger partial charge < -0.3 is 5.32 Å². The number of rotatable bonds is 5. The zero-order chi connectivity index (χ0) is 19.3. The van der Waals surface area contributed by atoms with E-state index in [1.54, 1.807) is 11.8 Å². The highest BCUT2D eigenvalue weighted by atomic mass is 35.6. The van der Waals surface area contributed by atoms with E-state index >= 15 is 0 Å². The molecule has 0 fully saturated rings. The predicted molar refractivity (Wildman–Crippen MR) is 119 cm³/mol. The molecule has 2 aromatic rings. The van der Waals surface area contributed by atoms with Crippen molar-refractivity contribution in [2.45, 2.75) is 15.1 Å². The lowest BCUT2D eigenvalue weighted by Crippen LogP contribution is -2.44. The molecule has 0 saturated heterocycles. The minimum atomic E-state index is -1.66. The average Bonchev–Trinajstić information content (AvgIpc) is 3.16. The molecule has 1 atom stereocenters. The molecule has 0 unspecified atom stereocenters. The number of thioether (sulfide) groups is 2. The molecule has 27 heavy (non-hydrogen) atoms. The number of benzene rings is 2. The summed E-state index contributed by atoms with van der Waals surface area (Å²) in [6, 6.07) is 19.1. The van der Waals surface area contributed by atoms with Gasteiger partial charge >= 0.3 is 0 Å². The van der Waals surface area contributed by atoms with E-state index in [9.17, 15) is 4.79 Å². The summed E-state index contributed by atoms with van der Waals surface area (Å²) in [5, 5.41) is 2.17. The quantitative estimate of drug-likeness (QED) is 0.476. The minimum Gasteiger partial charge on any atom is -0.339 e. The molecule has 1 heterocycles. The van der Waals surface area contributed by atoms with E-state index in [1.165, 1.54) is 11.8 Å². The van der Waals surface area contributed by atoms with Crippen LogP contribution in [0.5, 0.6) is 0 Å². The van der Waals surface area contributed by atoms with Crippen LogP contribution in [0.25, 0.3) is 0 Å². The Morgan fingerprint density at radius 3 is 2.04 bits per heavy atom. The second-order valence-corrected chi connectivity index (χ2v) is 10.6. The summed E-state index contributed by atoms with van der Waals surface area (Å²) in [7, 11) is 0. The van der Waals surface area contributed by atoms with Crippen LogP contribution in [0.15, 0.2) is 65.7 Å². The number of nitrogens with zero attached hydrogens (tertiary/aromatic N) is 1. The van der Waals surface area contributed by atoms with Crippen molar-refractivity contribution in [2.24, 2.45) is 4.99 Å². The van der Waals surface area contributed by atoms with Gasteiger partial charge in [-0.05, 0) is 11.1 Å². The van der Waals surface area contributed by atoms with Crippen molar-refractivity contribution in [1.82, 2.24) is 5.32 Å². The Kier molecular flexibility index (Phi) is 7.40. The molecule has 0 aliphatic carbocycles. The Morgan fingerprint density at radius 1 is 1.04 bits per heavy atom. The average molecular weight is 460 g/mol. The fourth-order valence-electron chi connectivity index (χ4n) is 2.66. The monoisotopic (exact) mass is 458 g/mol. The normalized spacial score (nSPS) is 15.5. The van der Waals surface area contributed by atoms with Crippen molar-refractivity contribution >= 4 is 68.6 Å². The maximum atomic E-state index is 13.2. The Bertz CT molecular complexity index is 758. The summed E-state index contributed by atoms with van der Waals surface area (Å²) in [4.78, 5) is 17.6. The van der Waals surface area contributed by atoms with Crippen LogP contribution in [-0.2, 0) is 4.79 Å². The molecule has 0 radical (unpaired) electrons. The highest BCUT2D eigenvalue weighted by Crippen LogP contribution is 2.40. The summed E-state index contributed by atoms with van der Waals surface area (Å²) < 4.78 is -0.841. The second-order valence-electron chi connectivity index (χ2n) is 5.80. The van der Waals surface area contributed by atoms with Crippen LogP contribution in [0.4, 0.5) is 0 Å². The molecule has 0 spiro atoms. The summed E-state index contributed by atoms with van der Waals surface area (Å²) in [6.07, 6.45) is 0. The van der Waals surface area contributed by atoms with E-state index in [-0.39, 0.29) is 5.91 Å². The van der Waals surface area contributed by atoms with E-state index in [4.69, 9.17) is 34.8 Å². The topological polar surface area (TPSA) is 41.5 Å². The largest absolute Gasteiger partial charge is 0.339 e. The second kappa shape index (κ2) is 9.57. The number of hydrogen-bond donors (Lipinski definition) is 1. The van der Waals surface area contributed by atoms with Crippen LogP contribution in [0.1, 0.15) is 17.0 Å². The molecule has 3 rings (SSSR count). The molecule has 0 aromatic heterocycles. The molecule has 8 heteroatoms. The zero-order valence-corrected chi connectivity index (χ0v) is 18.0. The number of amides is 1. The van der Waals surface area contributed by atoms with Gasteiger partial charge in [-0.3, -0.25) is 9.79 Å². The fourth-order valence-corrected chi connectivity index (χ4v) is 5.26. The van der Waals surface area contributed by atoms with E-state index in [0.29, 0.717) is 0 Å². The third-order valence-corrected chi connectivity index (χ3v) is 7.36. The lowest BCUT2D eigenvalue weighted by Gasteiger charge is -2.27. The zero-order valence-electron chi connectivity index (χ0n) is 14.1. The summed E-state index contributed by atoms with van der Waals surface area (Å²) >= 11 is 21.3. The number of carbonyl (C=O) groups excluding carboxylic acids is 1. The van der Waals surface area contributed by atoms with Crippen molar-refractivity contribution in [3.05, 3.63) is 71.8 Å². The summed E-state index contributed by atoms with van der Waals surface area (Å²) in [5.41, 5.74) is 1.75. The van der Waals surface area contributed by atoms with Crippen molar-refractivity contribution in [3.8, 4) is 0 Å². The first-order valence-corrected chi connectivity index (χ1v) is 11.3. The molecule has 3 nitrogen and oxygen atoms in total. The van der Waals surface area contributed by atoms with Crippen LogP contribution in [0, 0.1) is 0 Å². The van der Waals surface area contributed by atoms with Crippen LogP contribution < -0.4 is 5.32 Å². The van der Waals surface area contributed by atoms with E-state index < -0.39 is 15.1 Å². The molecule has 1 N–H and O–H groups in total. The van der Waals surface area contributed by atoms with Gasteiger partial charge in [0, 0.05) is 5.75 Å². The van der Waals surface area contributed by atoms with Crippen LogP contribution in [0.2, 0.25) is 0 Å². The Balaban J connectivity index is 1.86. The van der Waals surface area contributed by atoms with Gasteiger partial charge in [0.2, 0.25) is 9.70 Å². The standard InChI is InChI=1S/C19H17Cl3N2OS2/c20-19(21,22)17(27-18-23-11-12-26-18)24-16(25)15(13-7-3-1-4-8-13)14-9-5-2-6-10-14/h1-10,15,17H,11-12H2,(H,24,25)/t17-/m0/s1. The number of hydrogen-bond acceptors (Lipinski definition) is 4. The Morgan fingerprint density at radius 2 is 1.59 bits per heavy atom. The van der Waals surface area contributed by atoms with E-state index in [1.807, 2.05) is 60.7 Å². The molecular weight excluding hydrogens is 443 g/mol. The first-order chi connectivity index (χ1) is 12.9. The van der Waals surface area contributed by atoms with Gasteiger partial charge in [-0.1, -0.05) is 119 Å². The molecule has 0 saturated carbocycles. The fraction of sp³-hybridized carbons (Fsp3) is 0.263. The van der Waals surface area contributed by atoms with Gasteiger partial charge in [0.05, 0.1) is 12.5 Å². The number of aliphatic imine (C=N–C) groups is 1. The molecule has 1 aliphatic rings. The minimum absolute atomic E-state index is 0.222. The number of nitrogens with one attached hydrogen (secondary N) is 1. The molecule has 1 aliphatic heterocycles. The maximum absolute atomic E-state index is 13.2. The van der Waals surface area contributed by atoms with Crippen LogP contribution >= 0.6 is 58.3 Å². The lowest BCUT2D eigenvalue weighted by atomic mass is 9.90. The van der Waals surface area contributed by atoms with Crippen LogP contribution in [-0.4, -0.2) is 31.7 Å². The number of halogens is 3. The molecule has 1 amide bonds. The van der Waals surface area contributed by atoms with E-state index in [0.717, 1.165) is 27.8 Å². The van der Waals surface area contributed by atoms with Gasteiger partial charge in [0.25, 0.3) is 0 Å². The van der Waals surface area contributed by atoms with Crippen molar-refractivity contribution in [2.75, 3.05) is 12.3 Å². The lowest BCUT2D eigenvalue weighted by molar-refractivity contribution is -0.121. The molecule has 0 bridgehead atoms. The highest BCUT2D eigenvalue weighted by molar-refractivity contribution is 8.39. The van der Waals surface area contributed by atoms with Gasteiger partial charge in [-0.25, -0.2) is 0 Å². The number of alkyl halides is 3. The maximum Gasteiger partial charge on any atom is 0.233 e. The SMILES string of the molecule is O=C(N[C@@H](SC1=NCCS1)C(Cl)(Cl)Cl)C(c1ccccc1)c1ccccc1.